The van der Waals surface area contributed by atoms with Gasteiger partial charge in [-0.1, -0.05) is 6.92 Å². The summed E-state index contributed by atoms with van der Waals surface area (Å²) in [5.41, 5.74) is 8.26. The summed E-state index contributed by atoms with van der Waals surface area (Å²) in [5.74, 6) is 1.27. The quantitative estimate of drug-likeness (QED) is 0.784. The second-order valence-electron chi connectivity index (χ2n) is 3.84. The van der Waals surface area contributed by atoms with Crippen LogP contribution in [0.25, 0.3) is 0 Å². The molecule has 0 aliphatic heterocycles. The van der Waals surface area contributed by atoms with Crippen molar-refractivity contribution in [3.63, 3.8) is 0 Å². The normalized spacial score (nSPS) is 25.4. The Morgan fingerprint density at radius 2 is 2.36 bits per heavy atom. The zero-order valence-corrected chi connectivity index (χ0v) is 8.95. The van der Waals surface area contributed by atoms with E-state index in [1.54, 1.807) is 11.8 Å². The van der Waals surface area contributed by atoms with Gasteiger partial charge >= 0.3 is 0 Å². The monoisotopic (exact) mass is 195 g/mol. The summed E-state index contributed by atoms with van der Waals surface area (Å²) in [5, 5.41) is 4.45. The number of nitrogens with zero attached hydrogens (tertiary/aromatic N) is 2. The van der Waals surface area contributed by atoms with Gasteiger partial charge in [-0.05, 0) is 12.8 Å². The minimum atomic E-state index is 0.356. The fraction of sp³-hybridized carbons (Fsp3) is 0.700. The lowest BCUT2D eigenvalue weighted by molar-refractivity contribution is 0.177. The molecule has 78 valence electrons. The minimum absolute atomic E-state index is 0.356. The number of nitrogens with two attached hydrogens (primary N) is 1. The van der Waals surface area contributed by atoms with Crippen molar-refractivity contribution in [2.75, 3.05) is 12.8 Å². The van der Waals surface area contributed by atoms with Gasteiger partial charge in [-0.25, -0.2) is 0 Å². The van der Waals surface area contributed by atoms with E-state index >= 15 is 0 Å². The Morgan fingerprint density at radius 1 is 1.64 bits per heavy atom. The smallest absolute Gasteiger partial charge is 0.124 e. The molecule has 4 heteroatoms. The first-order chi connectivity index (χ1) is 6.69. The standard InChI is InChI=1S/C10H17N3O/c1-4-6-9(7-5-8(7)14-3)12-13(2)10(6)11/h7-8H,4-5,11H2,1-3H3. The Labute approximate surface area is 84.0 Å². The molecule has 1 aromatic rings. The van der Waals surface area contributed by atoms with E-state index in [4.69, 9.17) is 10.5 Å². The maximum Gasteiger partial charge on any atom is 0.124 e. The zero-order valence-electron chi connectivity index (χ0n) is 8.95. The molecule has 2 atom stereocenters. The minimum Gasteiger partial charge on any atom is -0.384 e. The van der Waals surface area contributed by atoms with E-state index < -0.39 is 0 Å². The maximum atomic E-state index is 5.93. The van der Waals surface area contributed by atoms with Crippen molar-refractivity contribution in [3.8, 4) is 0 Å². The van der Waals surface area contributed by atoms with Crippen LogP contribution in [0.15, 0.2) is 0 Å². The van der Waals surface area contributed by atoms with E-state index in [1.807, 2.05) is 7.05 Å². The maximum absolute atomic E-state index is 5.93. The first-order valence-corrected chi connectivity index (χ1v) is 5.03. The van der Waals surface area contributed by atoms with Crippen LogP contribution < -0.4 is 5.73 Å². The fourth-order valence-electron chi connectivity index (χ4n) is 1.98. The number of hydrogen-bond donors (Lipinski definition) is 1. The average Bonchev–Trinajstić information content (AvgIpc) is 2.90. The van der Waals surface area contributed by atoms with E-state index in [9.17, 15) is 0 Å². The molecule has 1 heterocycles. The number of anilines is 1. The van der Waals surface area contributed by atoms with E-state index in [1.165, 1.54) is 5.56 Å². The molecule has 0 spiro atoms. The van der Waals surface area contributed by atoms with Gasteiger partial charge in [0, 0.05) is 25.6 Å². The number of ether oxygens (including phenoxy) is 1. The molecule has 1 aliphatic rings. The van der Waals surface area contributed by atoms with Crippen LogP contribution in [0.4, 0.5) is 5.82 Å². The van der Waals surface area contributed by atoms with Crippen LogP contribution in [0.1, 0.15) is 30.5 Å². The Balaban J connectivity index is 2.30. The van der Waals surface area contributed by atoms with Crippen LogP contribution in [-0.4, -0.2) is 23.0 Å². The summed E-state index contributed by atoms with van der Waals surface area (Å²) in [4.78, 5) is 0. The van der Waals surface area contributed by atoms with E-state index in [0.29, 0.717) is 12.0 Å². The van der Waals surface area contributed by atoms with Crippen molar-refractivity contribution in [2.45, 2.75) is 31.8 Å². The largest absolute Gasteiger partial charge is 0.384 e. The SMILES string of the molecule is CCc1c(C2CC2OC)nn(C)c1N. The first-order valence-electron chi connectivity index (χ1n) is 5.03. The van der Waals surface area contributed by atoms with Gasteiger partial charge in [0.15, 0.2) is 0 Å². The lowest BCUT2D eigenvalue weighted by atomic mass is 10.1. The summed E-state index contributed by atoms with van der Waals surface area (Å²) in [6.45, 7) is 2.11. The van der Waals surface area contributed by atoms with Gasteiger partial charge in [-0.15, -0.1) is 0 Å². The molecule has 1 aliphatic carbocycles. The molecule has 14 heavy (non-hydrogen) atoms. The molecule has 2 N–H and O–H groups in total. The van der Waals surface area contributed by atoms with Crippen molar-refractivity contribution in [3.05, 3.63) is 11.3 Å². The third-order valence-electron chi connectivity index (χ3n) is 2.96. The predicted octanol–water partition coefficient (Wildman–Crippen LogP) is 1.07. The molecule has 4 nitrogen and oxygen atoms in total. The van der Waals surface area contributed by atoms with Gasteiger partial charge in [0.25, 0.3) is 0 Å². The second-order valence-corrected chi connectivity index (χ2v) is 3.84. The Bertz CT molecular complexity index is 345. The molecule has 2 rings (SSSR count). The van der Waals surface area contributed by atoms with Gasteiger partial charge in [0.05, 0.1) is 11.8 Å². The highest BCUT2D eigenvalue weighted by Gasteiger charge is 2.42. The van der Waals surface area contributed by atoms with Crippen LogP contribution in [0.3, 0.4) is 0 Å². The molecule has 0 radical (unpaired) electrons. The van der Waals surface area contributed by atoms with Crippen molar-refractivity contribution in [1.29, 1.82) is 0 Å². The number of nitrogen functional groups attached to an aromatic ring is 1. The predicted molar refractivity (Wildman–Crippen MR) is 55.2 cm³/mol. The molecule has 0 bridgehead atoms. The topological polar surface area (TPSA) is 53.1 Å². The molecule has 1 fully saturated rings. The molecule has 1 saturated carbocycles. The van der Waals surface area contributed by atoms with Crippen LogP contribution in [0.2, 0.25) is 0 Å². The van der Waals surface area contributed by atoms with Crippen molar-refractivity contribution in [1.82, 2.24) is 9.78 Å². The summed E-state index contributed by atoms with van der Waals surface area (Å²) >= 11 is 0. The summed E-state index contributed by atoms with van der Waals surface area (Å²) in [6, 6.07) is 0. The highest BCUT2D eigenvalue weighted by atomic mass is 16.5. The second kappa shape index (κ2) is 3.28. The highest BCUT2D eigenvalue weighted by Crippen LogP contribution is 2.44. The van der Waals surface area contributed by atoms with Crippen molar-refractivity contribution in [2.24, 2.45) is 7.05 Å². The molecule has 0 saturated heterocycles. The first kappa shape index (κ1) is 9.52. The molecular formula is C10H17N3O. The lowest BCUT2D eigenvalue weighted by Gasteiger charge is -1.98. The number of aromatic nitrogens is 2. The summed E-state index contributed by atoms with van der Waals surface area (Å²) in [6.07, 6.45) is 2.39. The van der Waals surface area contributed by atoms with Crippen molar-refractivity contribution >= 4 is 5.82 Å². The fourth-order valence-corrected chi connectivity index (χ4v) is 1.98. The van der Waals surface area contributed by atoms with Gasteiger partial charge in [0.2, 0.25) is 0 Å². The molecule has 0 aromatic carbocycles. The Hall–Kier alpha value is -1.03. The third kappa shape index (κ3) is 1.30. The number of rotatable bonds is 3. The lowest BCUT2D eigenvalue weighted by Crippen LogP contribution is -1.98. The van der Waals surface area contributed by atoms with E-state index in [0.717, 1.165) is 24.4 Å². The van der Waals surface area contributed by atoms with Gasteiger partial charge in [0.1, 0.15) is 5.82 Å². The summed E-state index contributed by atoms with van der Waals surface area (Å²) in [7, 11) is 3.64. The molecule has 2 unspecified atom stereocenters. The van der Waals surface area contributed by atoms with Crippen molar-refractivity contribution < 1.29 is 4.74 Å². The van der Waals surface area contributed by atoms with Crippen LogP contribution in [0.5, 0.6) is 0 Å². The van der Waals surface area contributed by atoms with Gasteiger partial charge in [-0.2, -0.15) is 5.10 Å². The number of hydrogen-bond acceptors (Lipinski definition) is 3. The Morgan fingerprint density at radius 3 is 2.86 bits per heavy atom. The van der Waals surface area contributed by atoms with Crippen LogP contribution >= 0.6 is 0 Å². The highest BCUT2D eigenvalue weighted by molar-refractivity contribution is 5.46. The van der Waals surface area contributed by atoms with E-state index in [2.05, 4.69) is 12.0 Å². The van der Waals surface area contributed by atoms with Gasteiger partial charge in [-0.3, -0.25) is 4.68 Å². The number of aryl methyl sites for hydroxylation is 1. The summed E-state index contributed by atoms with van der Waals surface area (Å²) < 4.78 is 7.05. The molecule has 1 aromatic heterocycles. The molecular weight excluding hydrogens is 178 g/mol. The molecule has 0 amide bonds. The van der Waals surface area contributed by atoms with E-state index in [-0.39, 0.29) is 0 Å². The average molecular weight is 195 g/mol. The zero-order chi connectivity index (χ0) is 10.3. The third-order valence-corrected chi connectivity index (χ3v) is 2.96. The van der Waals surface area contributed by atoms with Crippen LogP contribution in [0, 0.1) is 0 Å². The van der Waals surface area contributed by atoms with Crippen LogP contribution in [-0.2, 0) is 18.2 Å². The number of methoxy groups -OCH3 is 1. The Kier molecular flexibility index (Phi) is 2.23. The van der Waals surface area contributed by atoms with Gasteiger partial charge < -0.3 is 10.5 Å².